The summed E-state index contributed by atoms with van der Waals surface area (Å²) in [6.07, 6.45) is 0. The number of hydrogen-bond acceptors (Lipinski definition) is 2. The molecule has 12 heavy (non-hydrogen) atoms. The Balaban J connectivity index is 2.48. The molecule has 66 valence electrons. The summed E-state index contributed by atoms with van der Waals surface area (Å²) in [5.74, 6) is 0.856. The van der Waals surface area contributed by atoms with Gasteiger partial charge in [0.05, 0.1) is 0 Å². The summed E-state index contributed by atoms with van der Waals surface area (Å²) in [6, 6.07) is 8.29. The summed E-state index contributed by atoms with van der Waals surface area (Å²) < 4.78 is 0. The molecular formula is C10H15NO. The Labute approximate surface area is 73.5 Å². The van der Waals surface area contributed by atoms with Gasteiger partial charge < -0.3 is 4.84 Å². The molecule has 0 amide bonds. The number of nitrogens with one attached hydrogen (secondary N) is 1. The van der Waals surface area contributed by atoms with Crippen LogP contribution in [0.3, 0.4) is 0 Å². The fourth-order valence-electron chi connectivity index (χ4n) is 0.792. The van der Waals surface area contributed by atoms with Gasteiger partial charge >= 0.3 is 0 Å². The number of hydrogen-bond donors (Lipinski definition) is 1. The zero-order valence-electron chi connectivity index (χ0n) is 7.79. The molecule has 1 rings (SSSR count). The number of hydroxylamine groups is 1. The summed E-state index contributed by atoms with van der Waals surface area (Å²) in [4.78, 5) is 5.27. The van der Waals surface area contributed by atoms with Crippen molar-refractivity contribution in [3.8, 4) is 5.75 Å². The third kappa shape index (κ3) is 2.93. The summed E-state index contributed by atoms with van der Waals surface area (Å²) in [7, 11) is 0. The molecule has 0 saturated heterocycles. The first-order valence-electron chi connectivity index (χ1n) is 4.17. The SMILES string of the molecule is Cc1ccc(ONC(C)C)cc1. The normalized spacial score (nSPS) is 10.3. The minimum absolute atomic E-state index is 0.339. The van der Waals surface area contributed by atoms with Crippen molar-refractivity contribution in [2.45, 2.75) is 26.8 Å². The molecule has 2 nitrogen and oxygen atoms in total. The second-order valence-electron chi connectivity index (χ2n) is 3.19. The van der Waals surface area contributed by atoms with Gasteiger partial charge in [-0.3, -0.25) is 0 Å². The lowest BCUT2D eigenvalue weighted by Gasteiger charge is -2.09. The number of rotatable bonds is 3. The minimum Gasteiger partial charge on any atom is -0.409 e. The maximum atomic E-state index is 5.27. The Hall–Kier alpha value is -1.02. The van der Waals surface area contributed by atoms with Crippen molar-refractivity contribution in [1.29, 1.82) is 0 Å². The van der Waals surface area contributed by atoms with Gasteiger partial charge in [-0.25, -0.2) is 0 Å². The highest BCUT2D eigenvalue weighted by Gasteiger charge is 1.94. The van der Waals surface area contributed by atoms with Crippen LogP contribution in [-0.2, 0) is 0 Å². The van der Waals surface area contributed by atoms with E-state index in [2.05, 4.69) is 12.4 Å². The highest BCUT2D eigenvalue weighted by Crippen LogP contribution is 2.09. The average molecular weight is 165 g/mol. The molecule has 0 fully saturated rings. The van der Waals surface area contributed by atoms with Gasteiger partial charge in [-0.05, 0) is 32.9 Å². The second-order valence-corrected chi connectivity index (χ2v) is 3.19. The van der Waals surface area contributed by atoms with E-state index in [1.165, 1.54) is 5.56 Å². The Morgan fingerprint density at radius 3 is 2.25 bits per heavy atom. The van der Waals surface area contributed by atoms with E-state index in [0.29, 0.717) is 6.04 Å². The van der Waals surface area contributed by atoms with Crippen molar-refractivity contribution in [3.63, 3.8) is 0 Å². The fourth-order valence-corrected chi connectivity index (χ4v) is 0.792. The van der Waals surface area contributed by atoms with Gasteiger partial charge in [0.1, 0.15) is 5.75 Å². The van der Waals surface area contributed by atoms with Gasteiger partial charge in [0, 0.05) is 6.04 Å². The van der Waals surface area contributed by atoms with Gasteiger partial charge in [0.2, 0.25) is 0 Å². The first-order chi connectivity index (χ1) is 5.68. The van der Waals surface area contributed by atoms with E-state index in [1.807, 2.05) is 38.1 Å². The number of benzene rings is 1. The van der Waals surface area contributed by atoms with Crippen molar-refractivity contribution in [2.24, 2.45) is 0 Å². The van der Waals surface area contributed by atoms with Crippen molar-refractivity contribution in [1.82, 2.24) is 5.48 Å². The smallest absolute Gasteiger partial charge is 0.147 e. The molecule has 1 aromatic rings. The second kappa shape index (κ2) is 4.12. The highest BCUT2D eigenvalue weighted by molar-refractivity contribution is 5.25. The zero-order valence-corrected chi connectivity index (χ0v) is 7.79. The van der Waals surface area contributed by atoms with Crippen LogP contribution in [-0.4, -0.2) is 6.04 Å². The Morgan fingerprint density at radius 2 is 1.75 bits per heavy atom. The van der Waals surface area contributed by atoms with E-state index in [9.17, 15) is 0 Å². The molecule has 0 aliphatic carbocycles. The predicted octanol–water partition coefficient (Wildman–Crippen LogP) is 2.29. The first kappa shape index (κ1) is 9.07. The third-order valence-corrected chi connectivity index (χ3v) is 1.43. The van der Waals surface area contributed by atoms with Crippen LogP contribution in [0.15, 0.2) is 24.3 Å². The van der Waals surface area contributed by atoms with Gasteiger partial charge in [-0.2, -0.15) is 5.48 Å². The molecule has 0 aliphatic heterocycles. The quantitative estimate of drug-likeness (QED) is 0.694. The standard InChI is InChI=1S/C10H15NO/c1-8(2)11-12-10-6-4-9(3)5-7-10/h4-8,11H,1-3H3. The summed E-state index contributed by atoms with van der Waals surface area (Å²) in [5, 5.41) is 0. The molecule has 0 aromatic heterocycles. The topological polar surface area (TPSA) is 21.3 Å². The average Bonchev–Trinajstić information content (AvgIpc) is 2.03. The van der Waals surface area contributed by atoms with Gasteiger partial charge in [0.25, 0.3) is 0 Å². The molecule has 0 aliphatic rings. The van der Waals surface area contributed by atoms with Crippen molar-refractivity contribution >= 4 is 0 Å². The van der Waals surface area contributed by atoms with Gasteiger partial charge in [0.15, 0.2) is 0 Å². The van der Waals surface area contributed by atoms with E-state index in [0.717, 1.165) is 5.75 Å². The maximum Gasteiger partial charge on any atom is 0.147 e. The highest BCUT2D eigenvalue weighted by atomic mass is 16.6. The van der Waals surface area contributed by atoms with E-state index in [1.54, 1.807) is 0 Å². The summed E-state index contributed by atoms with van der Waals surface area (Å²) in [6.45, 7) is 6.13. The molecule has 2 heteroatoms. The van der Waals surface area contributed by atoms with Crippen LogP contribution in [0.1, 0.15) is 19.4 Å². The monoisotopic (exact) mass is 165 g/mol. The molecule has 1 aromatic carbocycles. The molecular weight excluding hydrogens is 150 g/mol. The van der Waals surface area contributed by atoms with Crippen LogP contribution in [0.5, 0.6) is 5.75 Å². The van der Waals surface area contributed by atoms with Crippen molar-refractivity contribution < 1.29 is 4.84 Å². The summed E-state index contributed by atoms with van der Waals surface area (Å²) in [5.41, 5.74) is 4.12. The Morgan fingerprint density at radius 1 is 1.17 bits per heavy atom. The largest absolute Gasteiger partial charge is 0.409 e. The van der Waals surface area contributed by atoms with E-state index in [4.69, 9.17) is 4.84 Å². The van der Waals surface area contributed by atoms with Crippen molar-refractivity contribution in [3.05, 3.63) is 29.8 Å². The van der Waals surface area contributed by atoms with Crippen LogP contribution in [0.25, 0.3) is 0 Å². The van der Waals surface area contributed by atoms with Crippen LogP contribution < -0.4 is 10.3 Å². The molecule has 0 heterocycles. The fraction of sp³-hybridized carbons (Fsp3) is 0.400. The Kier molecular flexibility index (Phi) is 3.11. The van der Waals surface area contributed by atoms with Crippen LogP contribution in [0.4, 0.5) is 0 Å². The lowest BCUT2D eigenvalue weighted by atomic mass is 10.2. The molecule has 0 unspecified atom stereocenters. The molecule has 1 N–H and O–H groups in total. The van der Waals surface area contributed by atoms with Crippen LogP contribution in [0, 0.1) is 6.92 Å². The first-order valence-corrected chi connectivity index (χ1v) is 4.17. The van der Waals surface area contributed by atoms with E-state index in [-0.39, 0.29) is 0 Å². The Bertz CT molecular complexity index is 228. The van der Waals surface area contributed by atoms with Crippen LogP contribution >= 0.6 is 0 Å². The van der Waals surface area contributed by atoms with Crippen LogP contribution in [0.2, 0.25) is 0 Å². The maximum absolute atomic E-state index is 5.27. The number of aryl methyl sites for hydroxylation is 1. The summed E-state index contributed by atoms with van der Waals surface area (Å²) >= 11 is 0. The predicted molar refractivity (Wildman–Crippen MR) is 50.1 cm³/mol. The van der Waals surface area contributed by atoms with Crippen molar-refractivity contribution in [2.75, 3.05) is 0 Å². The lowest BCUT2D eigenvalue weighted by Crippen LogP contribution is -2.26. The third-order valence-electron chi connectivity index (χ3n) is 1.43. The molecule has 0 saturated carbocycles. The zero-order chi connectivity index (χ0) is 8.97. The molecule has 0 atom stereocenters. The van der Waals surface area contributed by atoms with Gasteiger partial charge in [-0.1, -0.05) is 17.7 Å². The molecule has 0 spiro atoms. The lowest BCUT2D eigenvalue weighted by molar-refractivity contribution is 0.169. The molecule has 0 bridgehead atoms. The van der Waals surface area contributed by atoms with E-state index >= 15 is 0 Å². The minimum atomic E-state index is 0.339. The van der Waals surface area contributed by atoms with Gasteiger partial charge in [-0.15, -0.1) is 0 Å². The molecule has 0 radical (unpaired) electrons. The van der Waals surface area contributed by atoms with E-state index < -0.39 is 0 Å².